The van der Waals surface area contributed by atoms with Gasteiger partial charge in [0.2, 0.25) is 5.91 Å². The highest BCUT2D eigenvalue weighted by molar-refractivity contribution is 5.98. The second-order valence-corrected chi connectivity index (χ2v) is 5.88. The van der Waals surface area contributed by atoms with E-state index in [2.05, 4.69) is 5.32 Å². The number of benzene rings is 2. The quantitative estimate of drug-likeness (QED) is 0.563. The maximum atomic E-state index is 12.2. The summed E-state index contributed by atoms with van der Waals surface area (Å²) in [5.41, 5.74) is 1.90. The molecule has 3 aromatic rings. The van der Waals surface area contributed by atoms with Gasteiger partial charge in [-0.15, -0.1) is 0 Å². The van der Waals surface area contributed by atoms with Crippen molar-refractivity contribution in [1.82, 2.24) is 0 Å². The number of rotatable bonds is 5. The number of fused-ring (bicyclic) bond motifs is 1. The van der Waals surface area contributed by atoms with Crippen LogP contribution in [0.25, 0.3) is 11.0 Å². The molecule has 0 aliphatic carbocycles. The Morgan fingerprint density at radius 2 is 1.81 bits per heavy atom. The minimum absolute atomic E-state index is 0.152. The van der Waals surface area contributed by atoms with Crippen LogP contribution in [0.3, 0.4) is 0 Å². The second kappa shape index (κ2) is 7.23. The van der Waals surface area contributed by atoms with E-state index in [1.807, 2.05) is 6.92 Å². The lowest BCUT2D eigenvalue weighted by Gasteiger charge is -2.08. The van der Waals surface area contributed by atoms with Gasteiger partial charge >= 0.3 is 5.63 Å². The SMILES string of the molecule is CC(=O)Nc1ccc(C(=O)COc2ccc3c(C)cc(=O)oc3c2)cc1. The molecule has 0 fully saturated rings. The highest BCUT2D eigenvalue weighted by Crippen LogP contribution is 2.22. The first-order valence-electron chi connectivity index (χ1n) is 8.00. The van der Waals surface area contributed by atoms with Crippen LogP contribution in [0.1, 0.15) is 22.8 Å². The van der Waals surface area contributed by atoms with Crippen LogP contribution >= 0.6 is 0 Å². The largest absolute Gasteiger partial charge is 0.485 e. The lowest BCUT2D eigenvalue weighted by atomic mass is 10.1. The Morgan fingerprint density at radius 1 is 1.08 bits per heavy atom. The molecule has 1 aromatic heterocycles. The summed E-state index contributed by atoms with van der Waals surface area (Å²) >= 11 is 0. The molecule has 0 radical (unpaired) electrons. The van der Waals surface area contributed by atoms with E-state index in [9.17, 15) is 14.4 Å². The van der Waals surface area contributed by atoms with Crippen molar-refractivity contribution < 1.29 is 18.7 Å². The molecule has 0 unspecified atom stereocenters. The van der Waals surface area contributed by atoms with Crippen molar-refractivity contribution in [3.05, 3.63) is 70.1 Å². The average Bonchev–Trinajstić information content (AvgIpc) is 2.59. The first-order valence-corrected chi connectivity index (χ1v) is 8.00. The van der Waals surface area contributed by atoms with E-state index < -0.39 is 5.63 Å². The van der Waals surface area contributed by atoms with Crippen molar-refractivity contribution in [3.8, 4) is 5.75 Å². The number of carbonyl (C=O) groups is 2. The molecule has 0 saturated carbocycles. The van der Waals surface area contributed by atoms with Crippen LogP contribution in [0.5, 0.6) is 5.75 Å². The van der Waals surface area contributed by atoms with Crippen molar-refractivity contribution >= 4 is 28.3 Å². The fourth-order valence-electron chi connectivity index (χ4n) is 2.57. The van der Waals surface area contributed by atoms with Crippen molar-refractivity contribution in [3.63, 3.8) is 0 Å². The van der Waals surface area contributed by atoms with Crippen molar-refractivity contribution in [2.45, 2.75) is 13.8 Å². The van der Waals surface area contributed by atoms with Gasteiger partial charge in [-0.25, -0.2) is 4.79 Å². The normalized spacial score (nSPS) is 10.5. The summed E-state index contributed by atoms with van der Waals surface area (Å²) in [5, 5.41) is 3.45. The zero-order valence-corrected chi connectivity index (χ0v) is 14.4. The van der Waals surface area contributed by atoms with Crippen molar-refractivity contribution in [2.24, 2.45) is 0 Å². The molecule has 3 rings (SSSR count). The number of anilines is 1. The lowest BCUT2D eigenvalue weighted by Crippen LogP contribution is -2.12. The van der Waals surface area contributed by atoms with Gasteiger partial charge < -0.3 is 14.5 Å². The maximum Gasteiger partial charge on any atom is 0.336 e. The number of amides is 1. The Balaban J connectivity index is 1.70. The predicted octanol–water partition coefficient (Wildman–Crippen LogP) is 3.32. The molecule has 0 atom stereocenters. The molecule has 6 heteroatoms. The van der Waals surface area contributed by atoms with Crippen LogP contribution in [0.2, 0.25) is 0 Å². The Bertz CT molecular complexity index is 1030. The summed E-state index contributed by atoms with van der Waals surface area (Å²) < 4.78 is 10.7. The Kier molecular flexibility index (Phi) is 4.84. The zero-order valence-electron chi connectivity index (χ0n) is 14.4. The monoisotopic (exact) mass is 351 g/mol. The van der Waals surface area contributed by atoms with Gasteiger partial charge in [0, 0.05) is 35.7 Å². The van der Waals surface area contributed by atoms with Crippen LogP contribution in [0.15, 0.2) is 57.7 Å². The first kappa shape index (κ1) is 17.4. The molecule has 0 saturated heterocycles. The fourth-order valence-corrected chi connectivity index (χ4v) is 2.57. The molecule has 1 N–H and O–H groups in total. The minimum atomic E-state index is -0.428. The van der Waals surface area contributed by atoms with Gasteiger partial charge in [0.1, 0.15) is 11.3 Å². The summed E-state index contributed by atoms with van der Waals surface area (Å²) in [6, 6.07) is 13.1. The summed E-state index contributed by atoms with van der Waals surface area (Å²) in [6.07, 6.45) is 0. The van der Waals surface area contributed by atoms with E-state index in [4.69, 9.17) is 9.15 Å². The summed E-state index contributed by atoms with van der Waals surface area (Å²) in [7, 11) is 0. The molecule has 6 nitrogen and oxygen atoms in total. The van der Waals surface area contributed by atoms with Gasteiger partial charge in [-0.05, 0) is 48.9 Å². The molecule has 0 spiro atoms. The molecule has 1 heterocycles. The third-order valence-corrected chi connectivity index (χ3v) is 3.82. The third kappa shape index (κ3) is 3.97. The van der Waals surface area contributed by atoms with Crippen LogP contribution in [0, 0.1) is 6.92 Å². The van der Waals surface area contributed by atoms with E-state index in [1.165, 1.54) is 13.0 Å². The number of nitrogens with one attached hydrogen (secondary N) is 1. The number of aryl methyl sites for hydroxylation is 1. The van der Waals surface area contributed by atoms with Crippen molar-refractivity contribution in [1.29, 1.82) is 0 Å². The number of ketones is 1. The maximum absolute atomic E-state index is 12.2. The zero-order chi connectivity index (χ0) is 18.7. The number of carbonyl (C=O) groups excluding carboxylic acids is 2. The van der Waals surface area contributed by atoms with E-state index >= 15 is 0 Å². The third-order valence-electron chi connectivity index (χ3n) is 3.82. The second-order valence-electron chi connectivity index (χ2n) is 5.88. The van der Waals surface area contributed by atoms with Crippen molar-refractivity contribution in [2.75, 3.05) is 11.9 Å². The molecule has 132 valence electrons. The van der Waals surface area contributed by atoms with Gasteiger partial charge in [0.25, 0.3) is 0 Å². The molecular weight excluding hydrogens is 334 g/mol. The molecule has 2 aromatic carbocycles. The Labute approximate surface area is 149 Å². The molecule has 0 bridgehead atoms. The molecular formula is C20H17NO5. The molecule has 1 amide bonds. The van der Waals surface area contributed by atoms with Gasteiger partial charge in [-0.1, -0.05) is 0 Å². The van der Waals surface area contributed by atoms with E-state index in [-0.39, 0.29) is 18.3 Å². The van der Waals surface area contributed by atoms with Crippen LogP contribution in [-0.2, 0) is 4.79 Å². The van der Waals surface area contributed by atoms with E-state index in [0.717, 1.165) is 10.9 Å². The standard InChI is InChI=1S/C20H17NO5/c1-12-9-20(24)26-19-10-16(7-8-17(12)19)25-11-18(23)14-3-5-15(6-4-14)21-13(2)22/h3-10H,11H2,1-2H3,(H,21,22). The number of hydrogen-bond donors (Lipinski definition) is 1. The highest BCUT2D eigenvalue weighted by atomic mass is 16.5. The van der Waals surface area contributed by atoms with Gasteiger partial charge in [-0.3, -0.25) is 9.59 Å². The molecule has 0 aliphatic heterocycles. The number of ether oxygens (including phenoxy) is 1. The van der Waals surface area contributed by atoms with E-state index in [0.29, 0.717) is 22.6 Å². The first-order chi connectivity index (χ1) is 12.4. The minimum Gasteiger partial charge on any atom is -0.485 e. The van der Waals surface area contributed by atoms with Gasteiger partial charge in [0.15, 0.2) is 12.4 Å². The number of Topliss-reactive ketones (excluding diaryl/α,β-unsaturated/α-hetero) is 1. The summed E-state index contributed by atoms with van der Waals surface area (Å²) in [5.74, 6) is 0.0604. The van der Waals surface area contributed by atoms with Crippen LogP contribution in [0.4, 0.5) is 5.69 Å². The van der Waals surface area contributed by atoms with Crippen LogP contribution < -0.4 is 15.7 Å². The van der Waals surface area contributed by atoms with E-state index in [1.54, 1.807) is 42.5 Å². The summed E-state index contributed by atoms with van der Waals surface area (Å²) in [4.78, 5) is 34.7. The Morgan fingerprint density at radius 3 is 2.50 bits per heavy atom. The molecule has 26 heavy (non-hydrogen) atoms. The predicted molar refractivity (Wildman–Crippen MR) is 97.8 cm³/mol. The van der Waals surface area contributed by atoms with Gasteiger partial charge in [0.05, 0.1) is 0 Å². The van der Waals surface area contributed by atoms with Crippen LogP contribution in [-0.4, -0.2) is 18.3 Å². The average molecular weight is 351 g/mol. The topological polar surface area (TPSA) is 85.6 Å². The Hall–Kier alpha value is -3.41. The fraction of sp³-hybridized carbons (Fsp3) is 0.150. The highest BCUT2D eigenvalue weighted by Gasteiger charge is 2.09. The lowest BCUT2D eigenvalue weighted by molar-refractivity contribution is -0.114. The van der Waals surface area contributed by atoms with Gasteiger partial charge in [-0.2, -0.15) is 0 Å². The smallest absolute Gasteiger partial charge is 0.336 e. The number of hydrogen-bond acceptors (Lipinski definition) is 5. The molecule has 0 aliphatic rings. The summed E-state index contributed by atoms with van der Waals surface area (Å²) in [6.45, 7) is 3.09.